The second kappa shape index (κ2) is 4.10. The number of fused-ring (bicyclic) bond motifs is 1. The molecule has 0 aromatic carbocycles. The minimum absolute atomic E-state index is 0.110. The summed E-state index contributed by atoms with van der Waals surface area (Å²) < 4.78 is 5.63. The molecule has 0 aromatic rings. The lowest BCUT2D eigenvalue weighted by Gasteiger charge is -2.56. The van der Waals surface area contributed by atoms with Crippen molar-refractivity contribution in [3.05, 3.63) is 11.1 Å². The van der Waals surface area contributed by atoms with Crippen molar-refractivity contribution in [2.24, 2.45) is 16.7 Å². The molecule has 0 N–H and O–H groups in total. The van der Waals surface area contributed by atoms with Crippen LogP contribution in [0.1, 0.15) is 66.2 Å². The molecule has 0 heterocycles. The molecular formula is C17H26O2. The molecule has 2 saturated carbocycles. The third-order valence-electron chi connectivity index (χ3n) is 6.30. The normalized spacial score (nSPS) is 45.1. The highest BCUT2D eigenvalue weighted by Gasteiger charge is 2.57. The number of hydrogen-bond acceptors (Lipinski definition) is 2. The fraction of sp³-hybridized carbons (Fsp3) is 0.824. The van der Waals surface area contributed by atoms with Crippen LogP contribution in [-0.2, 0) is 9.53 Å². The van der Waals surface area contributed by atoms with E-state index in [-0.39, 0.29) is 17.5 Å². The summed E-state index contributed by atoms with van der Waals surface area (Å²) in [6.45, 7) is 8.55. The van der Waals surface area contributed by atoms with Gasteiger partial charge in [0, 0.05) is 12.3 Å². The first kappa shape index (κ1) is 13.2. The third-order valence-corrected chi connectivity index (χ3v) is 6.30. The second-order valence-electron chi connectivity index (χ2n) is 7.56. The number of carbonyl (C=O) groups excluding carboxylic acids is 1. The maximum atomic E-state index is 11.3. The summed E-state index contributed by atoms with van der Waals surface area (Å²) in [5.41, 5.74) is 4.00. The maximum Gasteiger partial charge on any atom is 0.302 e. The Bertz CT molecular complexity index is 450. The van der Waals surface area contributed by atoms with Crippen LogP contribution in [0, 0.1) is 16.7 Å². The van der Waals surface area contributed by atoms with Crippen LogP contribution in [-0.4, -0.2) is 12.1 Å². The van der Waals surface area contributed by atoms with Crippen molar-refractivity contribution >= 4 is 5.97 Å². The van der Waals surface area contributed by atoms with Gasteiger partial charge in [0.15, 0.2) is 0 Å². The van der Waals surface area contributed by atoms with Gasteiger partial charge in [-0.05, 0) is 63.7 Å². The fourth-order valence-electron chi connectivity index (χ4n) is 5.42. The van der Waals surface area contributed by atoms with E-state index in [0.717, 1.165) is 12.3 Å². The molecule has 19 heavy (non-hydrogen) atoms. The molecule has 2 heteroatoms. The number of esters is 1. The van der Waals surface area contributed by atoms with Crippen LogP contribution < -0.4 is 0 Å². The van der Waals surface area contributed by atoms with Crippen molar-refractivity contribution < 1.29 is 9.53 Å². The molecule has 1 spiro atoms. The highest BCUT2D eigenvalue weighted by Crippen LogP contribution is 2.65. The quantitative estimate of drug-likeness (QED) is 0.522. The summed E-state index contributed by atoms with van der Waals surface area (Å²) in [4.78, 5) is 11.3. The van der Waals surface area contributed by atoms with Crippen LogP contribution in [0.3, 0.4) is 0 Å². The van der Waals surface area contributed by atoms with Crippen LogP contribution in [0.15, 0.2) is 11.1 Å². The highest BCUT2D eigenvalue weighted by atomic mass is 16.5. The molecule has 106 valence electrons. The largest absolute Gasteiger partial charge is 0.462 e. The van der Waals surface area contributed by atoms with Gasteiger partial charge in [-0.15, -0.1) is 0 Å². The lowest BCUT2D eigenvalue weighted by molar-refractivity contribution is -0.168. The fourth-order valence-corrected chi connectivity index (χ4v) is 5.42. The number of allylic oxidation sites excluding steroid dienone is 2. The molecule has 2 bridgehead atoms. The van der Waals surface area contributed by atoms with Gasteiger partial charge in [0.2, 0.25) is 0 Å². The SMILES string of the molecule is CC(=O)O[C@@H]1CC[C@@]23CC(C)=C(C)[C@H]2CC[C@]1(C)C3. The standard InChI is InChI=1S/C17H26O2/c1-11-9-17-8-6-15(19-13(3)18)16(4,10-17)7-5-14(17)12(11)2/h14-15H,5-10H2,1-4H3/t14-,15-,16-,17+/m1/s1. The Hall–Kier alpha value is -0.790. The van der Waals surface area contributed by atoms with E-state index in [4.69, 9.17) is 4.74 Å². The van der Waals surface area contributed by atoms with Crippen LogP contribution in [0.2, 0.25) is 0 Å². The molecule has 0 aromatic heterocycles. The van der Waals surface area contributed by atoms with Crippen molar-refractivity contribution in [3.8, 4) is 0 Å². The molecule has 3 rings (SSSR count). The summed E-state index contributed by atoms with van der Waals surface area (Å²) in [6, 6.07) is 0. The van der Waals surface area contributed by atoms with Gasteiger partial charge in [-0.25, -0.2) is 0 Å². The first-order chi connectivity index (χ1) is 8.86. The average molecular weight is 262 g/mol. The Balaban J connectivity index is 1.86. The van der Waals surface area contributed by atoms with E-state index < -0.39 is 0 Å². The van der Waals surface area contributed by atoms with Crippen molar-refractivity contribution in [2.45, 2.75) is 72.3 Å². The van der Waals surface area contributed by atoms with Gasteiger partial charge in [0.25, 0.3) is 0 Å². The van der Waals surface area contributed by atoms with Crippen LogP contribution >= 0.6 is 0 Å². The van der Waals surface area contributed by atoms with Crippen LogP contribution in [0.25, 0.3) is 0 Å². The summed E-state index contributed by atoms with van der Waals surface area (Å²) in [5.74, 6) is 0.694. The van der Waals surface area contributed by atoms with E-state index >= 15 is 0 Å². The molecule has 2 fully saturated rings. The smallest absolute Gasteiger partial charge is 0.302 e. The zero-order valence-corrected chi connectivity index (χ0v) is 12.7. The number of ether oxygens (including phenoxy) is 1. The summed E-state index contributed by atoms with van der Waals surface area (Å²) >= 11 is 0. The zero-order valence-electron chi connectivity index (χ0n) is 12.7. The van der Waals surface area contributed by atoms with Crippen LogP contribution in [0.5, 0.6) is 0 Å². The Morgan fingerprint density at radius 3 is 2.68 bits per heavy atom. The lowest BCUT2D eigenvalue weighted by Crippen LogP contribution is -2.51. The topological polar surface area (TPSA) is 26.3 Å². The molecule has 0 radical (unpaired) electrons. The molecule has 3 aliphatic carbocycles. The highest BCUT2D eigenvalue weighted by molar-refractivity contribution is 5.66. The summed E-state index contributed by atoms with van der Waals surface area (Å²) in [7, 11) is 0. The van der Waals surface area contributed by atoms with Crippen molar-refractivity contribution in [2.75, 3.05) is 0 Å². The molecule has 0 amide bonds. The van der Waals surface area contributed by atoms with E-state index in [0.29, 0.717) is 5.41 Å². The van der Waals surface area contributed by atoms with E-state index in [9.17, 15) is 4.79 Å². The Morgan fingerprint density at radius 1 is 1.26 bits per heavy atom. The molecule has 4 atom stereocenters. The first-order valence-corrected chi connectivity index (χ1v) is 7.70. The van der Waals surface area contributed by atoms with Crippen molar-refractivity contribution in [3.63, 3.8) is 0 Å². The number of hydrogen-bond donors (Lipinski definition) is 0. The van der Waals surface area contributed by atoms with Gasteiger partial charge in [0.1, 0.15) is 6.10 Å². The van der Waals surface area contributed by atoms with Gasteiger partial charge < -0.3 is 4.74 Å². The summed E-state index contributed by atoms with van der Waals surface area (Å²) in [5, 5.41) is 0. The minimum atomic E-state index is -0.110. The van der Waals surface area contributed by atoms with E-state index in [1.54, 1.807) is 18.1 Å². The summed E-state index contributed by atoms with van der Waals surface area (Å²) in [6.07, 6.45) is 7.48. The maximum absolute atomic E-state index is 11.3. The molecule has 0 saturated heterocycles. The Labute approximate surface area is 116 Å². The predicted molar refractivity (Wildman–Crippen MR) is 75.7 cm³/mol. The van der Waals surface area contributed by atoms with Gasteiger partial charge in [0.05, 0.1) is 0 Å². The molecule has 0 aliphatic heterocycles. The van der Waals surface area contributed by atoms with E-state index in [1.165, 1.54) is 32.1 Å². The van der Waals surface area contributed by atoms with Gasteiger partial charge >= 0.3 is 5.97 Å². The average Bonchev–Trinajstić information content (AvgIpc) is 2.54. The number of rotatable bonds is 1. The van der Waals surface area contributed by atoms with Gasteiger partial charge in [-0.1, -0.05) is 18.1 Å². The van der Waals surface area contributed by atoms with Crippen LogP contribution in [0.4, 0.5) is 0 Å². The molecular weight excluding hydrogens is 236 g/mol. The molecule has 2 nitrogen and oxygen atoms in total. The Morgan fingerprint density at radius 2 is 2.00 bits per heavy atom. The van der Waals surface area contributed by atoms with E-state index in [1.807, 2.05) is 0 Å². The number of carbonyl (C=O) groups is 1. The van der Waals surface area contributed by atoms with E-state index in [2.05, 4.69) is 20.8 Å². The molecule has 0 unspecified atom stereocenters. The van der Waals surface area contributed by atoms with Crippen molar-refractivity contribution in [1.29, 1.82) is 0 Å². The second-order valence-corrected chi connectivity index (χ2v) is 7.56. The molecule has 3 aliphatic rings. The first-order valence-electron chi connectivity index (χ1n) is 7.70. The lowest BCUT2D eigenvalue weighted by atomic mass is 9.50. The van der Waals surface area contributed by atoms with Crippen molar-refractivity contribution in [1.82, 2.24) is 0 Å². The monoisotopic (exact) mass is 262 g/mol. The zero-order chi connectivity index (χ0) is 13.8. The Kier molecular flexibility index (Phi) is 2.85. The third kappa shape index (κ3) is 1.86. The van der Waals surface area contributed by atoms with Gasteiger partial charge in [-0.2, -0.15) is 0 Å². The van der Waals surface area contributed by atoms with Gasteiger partial charge in [-0.3, -0.25) is 4.79 Å². The predicted octanol–water partition coefficient (Wildman–Crippen LogP) is 4.24. The minimum Gasteiger partial charge on any atom is -0.462 e.